The first-order valence-corrected chi connectivity index (χ1v) is 11.4. The molecule has 9 heteroatoms. The summed E-state index contributed by atoms with van der Waals surface area (Å²) >= 11 is 6.15. The van der Waals surface area contributed by atoms with Gasteiger partial charge in [-0.2, -0.15) is 4.98 Å². The number of nitrogens with zero attached hydrogens (tertiary/aromatic N) is 4. The van der Waals surface area contributed by atoms with E-state index in [2.05, 4.69) is 15.4 Å². The summed E-state index contributed by atoms with van der Waals surface area (Å²) < 4.78 is 8.23. The number of carbonyl (C=O) groups is 1. The Morgan fingerprint density at radius 2 is 1.83 bits per heavy atom. The quantitative estimate of drug-likeness (QED) is 0.391. The number of benzene rings is 3. The van der Waals surface area contributed by atoms with Gasteiger partial charge in [-0.3, -0.25) is 14.2 Å². The van der Waals surface area contributed by atoms with E-state index in [0.29, 0.717) is 22.6 Å². The molecule has 0 aliphatic rings. The highest BCUT2D eigenvalue weighted by molar-refractivity contribution is 6.30. The first-order valence-electron chi connectivity index (χ1n) is 11.0. The Bertz CT molecular complexity index is 1620. The maximum absolute atomic E-state index is 13.5. The monoisotopic (exact) mass is 487 g/mol. The molecule has 0 aliphatic heterocycles. The maximum Gasteiger partial charge on any atom is 0.296 e. The topological polar surface area (TPSA) is 90.5 Å². The number of carbonyl (C=O) groups excluding carboxylic acids is 1. The van der Waals surface area contributed by atoms with Crippen molar-refractivity contribution in [2.45, 2.75) is 20.0 Å². The number of nitrogens with one attached hydrogen (secondary N) is 1. The van der Waals surface area contributed by atoms with Gasteiger partial charge in [0.2, 0.25) is 11.5 Å². The second-order valence-corrected chi connectivity index (χ2v) is 8.65. The molecule has 0 radical (unpaired) electrons. The fourth-order valence-corrected chi connectivity index (χ4v) is 4.17. The Morgan fingerprint density at radius 1 is 1.03 bits per heavy atom. The summed E-state index contributed by atoms with van der Waals surface area (Å²) in [6, 6.07) is 20.5. The molecule has 1 N–H and O–H groups in total. The molecule has 35 heavy (non-hydrogen) atoms. The normalized spacial score (nSPS) is 11.2. The van der Waals surface area contributed by atoms with Crippen LogP contribution in [0.2, 0.25) is 5.02 Å². The molecule has 0 fully saturated rings. The van der Waals surface area contributed by atoms with Crippen LogP contribution in [0.1, 0.15) is 27.3 Å². The van der Waals surface area contributed by atoms with Crippen molar-refractivity contribution in [3.63, 3.8) is 0 Å². The molecule has 0 aliphatic carbocycles. The van der Waals surface area contributed by atoms with E-state index in [9.17, 15) is 9.59 Å². The summed E-state index contributed by atoms with van der Waals surface area (Å²) in [6.07, 6.45) is 0. The molecule has 0 bridgehead atoms. The third-order valence-electron chi connectivity index (χ3n) is 5.74. The molecular formula is C26H22ClN5O3. The van der Waals surface area contributed by atoms with Crippen molar-refractivity contribution in [1.29, 1.82) is 0 Å². The number of amides is 1. The summed E-state index contributed by atoms with van der Waals surface area (Å²) in [5, 5.41) is 7.77. The van der Waals surface area contributed by atoms with Crippen molar-refractivity contribution >= 4 is 34.2 Å². The first kappa shape index (κ1) is 22.6. The van der Waals surface area contributed by atoms with Crippen LogP contribution in [0.3, 0.4) is 0 Å². The van der Waals surface area contributed by atoms with Gasteiger partial charge in [0.15, 0.2) is 0 Å². The highest BCUT2D eigenvalue weighted by Gasteiger charge is 2.19. The molecule has 5 aromatic rings. The Morgan fingerprint density at radius 3 is 2.57 bits per heavy atom. The lowest BCUT2D eigenvalue weighted by molar-refractivity contribution is 0.0941. The summed E-state index contributed by atoms with van der Waals surface area (Å²) in [4.78, 5) is 30.6. The van der Waals surface area contributed by atoms with Crippen LogP contribution in [0.4, 0.5) is 0 Å². The van der Waals surface area contributed by atoms with E-state index >= 15 is 0 Å². The molecule has 1 amide bonds. The predicted octanol–water partition coefficient (Wildman–Crippen LogP) is 3.99. The lowest BCUT2D eigenvalue weighted by Crippen LogP contribution is -2.24. The summed E-state index contributed by atoms with van der Waals surface area (Å²) in [7, 11) is 1.60. The molecule has 2 heterocycles. The fourth-order valence-electron chi connectivity index (χ4n) is 3.95. The van der Waals surface area contributed by atoms with Crippen molar-refractivity contribution in [3.05, 3.63) is 105 Å². The number of fused-ring (bicyclic) bond motifs is 3. The fraction of sp³-hybridized carbons (Fsp3) is 0.154. The van der Waals surface area contributed by atoms with Crippen LogP contribution in [-0.4, -0.2) is 32.2 Å². The molecule has 0 saturated carbocycles. The van der Waals surface area contributed by atoms with Crippen LogP contribution in [-0.2, 0) is 13.1 Å². The lowest BCUT2D eigenvalue weighted by atomic mass is 10.2. The smallest absolute Gasteiger partial charge is 0.296 e. The third kappa shape index (κ3) is 4.48. The molecule has 0 atom stereocenters. The molecule has 2 aromatic heterocycles. The van der Waals surface area contributed by atoms with Crippen LogP contribution in [0.25, 0.3) is 16.7 Å². The largest absolute Gasteiger partial charge is 0.497 e. The van der Waals surface area contributed by atoms with Gasteiger partial charge >= 0.3 is 0 Å². The van der Waals surface area contributed by atoms with Crippen molar-refractivity contribution in [2.75, 3.05) is 7.11 Å². The van der Waals surface area contributed by atoms with Gasteiger partial charge in [0.1, 0.15) is 5.75 Å². The Hall–Kier alpha value is -4.17. The van der Waals surface area contributed by atoms with E-state index in [1.54, 1.807) is 17.7 Å². The first-order chi connectivity index (χ1) is 16.9. The minimum absolute atomic E-state index is 0.0713. The molecule has 0 unspecified atom stereocenters. The maximum atomic E-state index is 13.5. The van der Waals surface area contributed by atoms with Gasteiger partial charge in [0.05, 0.1) is 24.7 Å². The minimum Gasteiger partial charge on any atom is -0.497 e. The van der Waals surface area contributed by atoms with Crippen LogP contribution in [0, 0.1) is 6.92 Å². The number of hydrogen-bond donors (Lipinski definition) is 1. The molecule has 0 saturated heterocycles. The molecule has 176 valence electrons. The van der Waals surface area contributed by atoms with Gasteiger partial charge in [0, 0.05) is 11.6 Å². The lowest BCUT2D eigenvalue weighted by Gasteiger charge is -2.12. The molecule has 0 spiro atoms. The van der Waals surface area contributed by atoms with E-state index in [1.165, 1.54) is 4.52 Å². The summed E-state index contributed by atoms with van der Waals surface area (Å²) in [5.74, 6) is 0.196. The van der Waals surface area contributed by atoms with Crippen molar-refractivity contribution in [2.24, 2.45) is 0 Å². The van der Waals surface area contributed by atoms with E-state index in [0.717, 1.165) is 22.4 Å². The number of halogens is 1. The highest BCUT2D eigenvalue weighted by atomic mass is 35.5. The van der Waals surface area contributed by atoms with Gasteiger partial charge in [-0.05, 0) is 60.0 Å². The zero-order valence-corrected chi connectivity index (χ0v) is 19.9. The zero-order chi connectivity index (χ0) is 24.5. The highest BCUT2D eigenvalue weighted by Crippen LogP contribution is 2.19. The van der Waals surface area contributed by atoms with E-state index in [1.807, 2.05) is 67.6 Å². The molecular weight excluding hydrogens is 466 g/mol. The van der Waals surface area contributed by atoms with Gasteiger partial charge in [0.25, 0.3) is 11.5 Å². The summed E-state index contributed by atoms with van der Waals surface area (Å²) in [5.41, 5.74) is 3.87. The van der Waals surface area contributed by atoms with Crippen LogP contribution in [0.15, 0.2) is 71.5 Å². The number of aryl methyl sites for hydroxylation is 1. The average molecular weight is 488 g/mol. The van der Waals surface area contributed by atoms with Crippen molar-refractivity contribution in [1.82, 2.24) is 24.5 Å². The SMILES string of the molecule is COc1ccc(CNC(=O)c2nc3c(=O)n(Cc4cccc(Cl)c4)c4cc(C)ccc4n3n2)cc1. The number of hydrogen-bond acceptors (Lipinski definition) is 5. The van der Waals surface area contributed by atoms with Gasteiger partial charge < -0.3 is 10.1 Å². The van der Waals surface area contributed by atoms with Crippen molar-refractivity contribution in [3.8, 4) is 5.75 Å². The molecule has 3 aromatic carbocycles. The van der Waals surface area contributed by atoms with E-state index in [-0.39, 0.29) is 23.6 Å². The third-order valence-corrected chi connectivity index (χ3v) is 5.97. The second kappa shape index (κ2) is 9.23. The van der Waals surface area contributed by atoms with E-state index in [4.69, 9.17) is 16.3 Å². The number of methoxy groups -OCH3 is 1. The molecule has 5 rings (SSSR count). The van der Waals surface area contributed by atoms with E-state index < -0.39 is 5.91 Å². The minimum atomic E-state index is -0.467. The molecule has 8 nitrogen and oxygen atoms in total. The number of rotatable bonds is 6. The Labute approximate surface area is 205 Å². The second-order valence-electron chi connectivity index (χ2n) is 8.21. The Balaban J connectivity index is 1.53. The van der Waals surface area contributed by atoms with Gasteiger partial charge in [-0.25, -0.2) is 4.52 Å². The summed E-state index contributed by atoms with van der Waals surface area (Å²) in [6.45, 7) is 2.55. The van der Waals surface area contributed by atoms with Gasteiger partial charge in [-0.15, -0.1) is 5.10 Å². The predicted molar refractivity (Wildman–Crippen MR) is 134 cm³/mol. The van der Waals surface area contributed by atoms with Crippen molar-refractivity contribution < 1.29 is 9.53 Å². The van der Waals surface area contributed by atoms with Gasteiger partial charge in [-0.1, -0.05) is 41.9 Å². The Kier molecular flexibility index (Phi) is 5.96. The average Bonchev–Trinajstić information content (AvgIpc) is 3.31. The van der Waals surface area contributed by atoms with Crippen LogP contribution < -0.4 is 15.6 Å². The standard InChI is InChI=1S/C26H22ClN5O3/c1-16-6-11-21-22(12-16)31(15-18-4-3-5-19(27)13-18)26(34)24-29-23(30-32(21)24)25(33)28-14-17-7-9-20(35-2)10-8-17/h3-13H,14-15H2,1-2H3,(H,28,33). The van der Waals surface area contributed by atoms with Crippen LogP contribution >= 0.6 is 11.6 Å². The number of ether oxygens (including phenoxy) is 1. The van der Waals surface area contributed by atoms with Crippen LogP contribution in [0.5, 0.6) is 5.75 Å². The zero-order valence-electron chi connectivity index (χ0n) is 19.2. The number of aromatic nitrogens is 4.